The summed E-state index contributed by atoms with van der Waals surface area (Å²) in [6, 6.07) is 3.79. The molecule has 0 spiro atoms. The summed E-state index contributed by atoms with van der Waals surface area (Å²) in [6.45, 7) is 7.00. The van der Waals surface area contributed by atoms with Crippen LogP contribution in [0.15, 0.2) is 18.2 Å². The number of carbonyl (C=O) groups is 3. The first-order valence-corrected chi connectivity index (χ1v) is 10.5. The van der Waals surface area contributed by atoms with E-state index in [4.69, 9.17) is 10.00 Å². The third-order valence-electron chi connectivity index (χ3n) is 6.48. The zero-order valence-corrected chi connectivity index (χ0v) is 18.5. The maximum absolute atomic E-state index is 13.4. The molecule has 11 heteroatoms. The summed E-state index contributed by atoms with van der Waals surface area (Å²) in [4.78, 5) is 41.7. The molecule has 0 saturated carbocycles. The highest BCUT2D eigenvalue weighted by atomic mass is 19.4. The van der Waals surface area contributed by atoms with E-state index in [2.05, 4.69) is 5.32 Å². The topological polar surface area (TPSA) is 103 Å². The molecule has 4 amide bonds. The molecule has 176 valence electrons. The Labute approximate surface area is 188 Å². The van der Waals surface area contributed by atoms with Crippen LogP contribution in [0.3, 0.4) is 0 Å². The highest BCUT2D eigenvalue weighted by molar-refractivity contribution is 6.23. The van der Waals surface area contributed by atoms with Crippen LogP contribution in [0.5, 0.6) is 0 Å². The first-order chi connectivity index (χ1) is 15.2. The summed E-state index contributed by atoms with van der Waals surface area (Å²) in [6.07, 6.45) is -4.83. The lowest BCUT2D eigenvalue weighted by molar-refractivity contribution is -0.161. The largest absolute Gasteiger partial charge is 0.417 e. The van der Waals surface area contributed by atoms with Crippen molar-refractivity contribution in [3.63, 3.8) is 0 Å². The number of hydrogen-bond donors (Lipinski definition) is 1. The van der Waals surface area contributed by atoms with Crippen LogP contribution in [0, 0.1) is 23.2 Å². The number of hydrogen-bond acceptors (Lipinski definition) is 5. The smallest absolute Gasteiger partial charge is 0.364 e. The lowest BCUT2D eigenvalue weighted by atomic mass is 9.79. The summed E-state index contributed by atoms with van der Waals surface area (Å²) in [5.74, 6) is -3.28. The Morgan fingerprint density at radius 1 is 1.18 bits per heavy atom. The van der Waals surface area contributed by atoms with E-state index in [1.54, 1.807) is 13.8 Å². The van der Waals surface area contributed by atoms with Gasteiger partial charge < -0.3 is 15.0 Å². The number of urea groups is 1. The van der Waals surface area contributed by atoms with E-state index in [-0.39, 0.29) is 30.8 Å². The summed E-state index contributed by atoms with van der Waals surface area (Å²) < 4.78 is 46.5. The van der Waals surface area contributed by atoms with Crippen molar-refractivity contribution in [3.8, 4) is 6.07 Å². The molecule has 8 nitrogen and oxygen atoms in total. The van der Waals surface area contributed by atoms with Crippen LogP contribution in [-0.2, 0) is 20.5 Å². The molecule has 4 rings (SSSR count). The number of nitrogens with one attached hydrogen (secondary N) is 1. The third kappa shape index (κ3) is 3.44. The lowest BCUT2D eigenvalue weighted by Crippen LogP contribution is -2.61. The number of ether oxygens (including phenoxy) is 1. The van der Waals surface area contributed by atoms with Gasteiger partial charge in [0.05, 0.1) is 59.0 Å². The van der Waals surface area contributed by atoms with Crippen LogP contribution >= 0.6 is 0 Å². The van der Waals surface area contributed by atoms with Crippen LogP contribution in [0.25, 0.3) is 0 Å². The van der Waals surface area contributed by atoms with Crippen LogP contribution < -0.4 is 10.2 Å². The fraction of sp³-hybridized carbons (Fsp3) is 0.545. The van der Waals surface area contributed by atoms with Crippen molar-refractivity contribution in [1.29, 1.82) is 5.26 Å². The Morgan fingerprint density at radius 3 is 2.18 bits per heavy atom. The number of halogens is 3. The molecule has 3 aliphatic heterocycles. The Balaban J connectivity index is 1.72. The van der Waals surface area contributed by atoms with Gasteiger partial charge in [-0.3, -0.25) is 9.59 Å². The van der Waals surface area contributed by atoms with E-state index in [1.807, 2.05) is 13.8 Å². The number of amides is 4. The monoisotopic (exact) mass is 464 g/mol. The number of anilines is 1. The molecular weight excluding hydrogens is 441 g/mol. The fourth-order valence-electron chi connectivity index (χ4n) is 5.37. The number of nitrogens with zero attached hydrogens (tertiary/aromatic N) is 3. The van der Waals surface area contributed by atoms with Crippen LogP contribution in [0.1, 0.15) is 38.8 Å². The summed E-state index contributed by atoms with van der Waals surface area (Å²) >= 11 is 0. The zero-order chi connectivity index (χ0) is 24.5. The number of imide groups is 1. The Hall–Kier alpha value is -3.13. The van der Waals surface area contributed by atoms with Gasteiger partial charge in [-0.05, 0) is 45.9 Å². The van der Waals surface area contributed by atoms with E-state index in [1.165, 1.54) is 11.0 Å². The normalized spacial score (nSPS) is 31.1. The van der Waals surface area contributed by atoms with Crippen LogP contribution in [-0.4, -0.2) is 53.1 Å². The number of likely N-dealkylation sites (tertiary alicyclic amines) is 1. The highest BCUT2D eigenvalue weighted by Crippen LogP contribution is 2.55. The second kappa shape index (κ2) is 7.18. The number of rotatable bonds is 2. The molecule has 3 saturated heterocycles. The maximum Gasteiger partial charge on any atom is 0.417 e. The predicted octanol–water partition coefficient (Wildman–Crippen LogP) is 2.66. The van der Waals surface area contributed by atoms with Crippen molar-refractivity contribution in [2.24, 2.45) is 11.8 Å². The Kier molecular flexibility index (Phi) is 5.02. The molecule has 1 aromatic carbocycles. The molecule has 3 heterocycles. The molecule has 33 heavy (non-hydrogen) atoms. The average Bonchev–Trinajstić information content (AvgIpc) is 3.06. The molecule has 4 atom stereocenters. The van der Waals surface area contributed by atoms with Crippen molar-refractivity contribution in [3.05, 3.63) is 29.3 Å². The number of alkyl halides is 3. The average molecular weight is 464 g/mol. The van der Waals surface area contributed by atoms with Crippen LogP contribution in [0.2, 0.25) is 0 Å². The van der Waals surface area contributed by atoms with Gasteiger partial charge in [-0.25, -0.2) is 9.69 Å². The summed E-state index contributed by atoms with van der Waals surface area (Å²) in [7, 11) is 0. The van der Waals surface area contributed by atoms with Gasteiger partial charge in [0.25, 0.3) is 0 Å². The summed E-state index contributed by atoms with van der Waals surface area (Å²) in [5.41, 5.74) is -4.44. The van der Waals surface area contributed by atoms with Gasteiger partial charge in [-0.1, -0.05) is 0 Å². The van der Waals surface area contributed by atoms with Crippen molar-refractivity contribution in [2.45, 2.75) is 51.1 Å². The molecule has 1 aromatic rings. The third-order valence-corrected chi connectivity index (χ3v) is 6.48. The first-order valence-electron chi connectivity index (χ1n) is 10.5. The zero-order valence-electron chi connectivity index (χ0n) is 18.5. The quantitative estimate of drug-likeness (QED) is 0.678. The van der Waals surface area contributed by atoms with E-state index in [0.717, 1.165) is 17.0 Å². The number of fused-ring (bicyclic) bond motifs is 5. The van der Waals surface area contributed by atoms with Gasteiger partial charge in [-0.2, -0.15) is 18.4 Å². The van der Waals surface area contributed by atoms with E-state index < -0.39 is 52.2 Å². The van der Waals surface area contributed by atoms with E-state index in [9.17, 15) is 27.6 Å². The number of morpholine rings is 1. The molecule has 2 bridgehead atoms. The van der Waals surface area contributed by atoms with Crippen molar-refractivity contribution < 1.29 is 32.3 Å². The number of carbonyl (C=O) groups excluding carboxylic acids is 3. The minimum Gasteiger partial charge on any atom is -0.364 e. The second-order valence-corrected chi connectivity index (χ2v) is 9.49. The number of benzene rings is 1. The van der Waals surface area contributed by atoms with Gasteiger partial charge in [0, 0.05) is 6.04 Å². The van der Waals surface area contributed by atoms with Gasteiger partial charge in [0.1, 0.15) is 0 Å². The molecular formula is C22H23F3N4O4. The summed E-state index contributed by atoms with van der Waals surface area (Å²) in [5, 5.41) is 11.8. The minimum absolute atomic E-state index is 0.0519. The first kappa shape index (κ1) is 23.0. The molecule has 0 aliphatic carbocycles. The maximum atomic E-state index is 13.4. The molecule has 3 fully saturated rings. The van der Waals surface area contributed by atoms with E-state index in [0.29, 0.717) is 6.07 Å². The van der Waals surface area contributed by atoms with Gasteiger partial charge in [-0.15, -0.1) is 0 Å². The number of nitriles is 1. The Bertz CT molecular complexity index is 1060. The van der Waals surface area contributed by atoms with Gasteiger partial charge in [0.2, 0.25) is 11.8 Å². The van der Waals surface area contributed by atoms with Crippen molar-refractivity contribution in [2.75, 3.05) is 18.0 Å². The van der Waals surface area contributed by atoms with Crippen molar-refractivity contribution >= 4 is 23.5 Å². The SMILES string of the molecule is CC(C)NC(=O)N1C[C@@]2(C)O[C@@](C)(C1)[C@@H]1C(=O)N(c3ccc(C#N)c(C(F)(F)F)c3)C(=O)[C@@H]12. The van der Waals surface area contributed by atoms with Gasteiger partial charge >= 0.3 is 12.2 Å². The molecule has 0 unspecified atom stereocenters. The van der Waals surface area contributed by atoms with Crippen LogP contribution in [0.4, 0.5) is 23.7 Å². The molecule has 0 radical (unpaired) electrons. The lowest BCUT2D eigenvalue weighted by Gasteiger charge is -2.45. The van der Waals surface area contributed by atoms with Gasteiger partial charge in [0.15, 0.2) is 0 Å². The molecule has 1 N–H and O–H groups in total. The second-order valence-electron chi connectivity index (χ2n) is 9.49. The highest BCUT2D eigenvalue weighted by Gasteiger charge is 2.72. The molecule has 0 aromatic heterocycles. The Morgan fingerprint density at radius 2 is 1.73 bits per heavy atom. The van der Waals surface area contributed by atoms with E-state index >= 15 is 0 Å². The predicted molar refractivity (Wildman–Crippen MR) is 109 cm³/mol. The van der Waals surface area contributed by atoms with Crippen molar-refractivity contribution in [1.82, 2.24) is 10.2 Å². The molecule has 3 aliphatic rings. The standard InChI is InChI=1S/C22H23F3N4O4/c1-11(2)27-19(32)28-9-20(3)15-16(21(4,10-28)33-20)18(31)29(17(15)30)13-6-5-12(8-26)14(7-13)22(23,24)25/h5-7,11,15-16H,9-10H2,1-4H3,(H,27,32)/t15-,16+,20-,21+. The fourth-order valence-corrected chi connectivity index (χ4v) is 5.37. The minimum atomic E-state index is -4.83.